The number of hydrogen-bond donors (Lipinski definition) is 1. The summed E-state index contributed by atoms with van der Waals surface area (Å²) in [5, 5.41) is 3.05. The van der Waals surface area contributed by atoms with Crippen LogP contribution in [0.15, 0.2) is 24.3 Å². The van der Waals surface area contributed by atoms with Crippen molar-refractivity contribution in [3.05, 3.63) is 29.8 Å². The van der Waals surface area contributed by atoms with Crippen molar-refractivity contribution in [1.82, 2.24) is 10.2 Å². The second-order valence-electron chi connectivity index (χ2n) is 6.73. The molecule has 2 saturated heterocycles. The molecule has 0 radical (unpaired) electrons. The van der Waals surface area contributed by atoms with E-state index in [0.29, 0.717) is 13.0 Å². The topological polar surface area (TPSA) is 52.7 Å². The van der Waals surface area contributed by atoms with Crippen LogP contribution in [-0.4, -0.2) is 42.0 Å². The molecule has 0 aliphatic carbocycles. The van der Waals surface area contributed by atoms with Crippen LogP contribution in [0.25, 0.3) is 0 Å². The summed E-state index contributed by atoms with van der Waals surface area (Å²) >= 11 is 0. The van der Waals surface area contributed by atoms with Crippen LogP contribution >= 0.6 is 0 Å². The van der Waals surface area contributed by atoms with Crippen molar-refractivity contribution in [2.45, 2.75) is 51.6 Å². The molecule has 1 aromatic carbocycles. The summed E-state index contributed by atoms with van der Waals surface area (Å²) in [7, 11) is 0. The molecule has 2 aliphatic heterocycles. The fourth-order valence-electron chi connectivity index (χ4n) is 3.44. The van der Waals surface area contributed by atoms with Crippen molar-refractivity contribution in [2.24, 2.45) is 0 Å². The molecule has 2 aliphatic rings. The predicted molar refractivity (Wildman–Crippen MR) is 90.5 cm³/mol. The molecule has 2 heterocycles. The number of anilines is 1. The lowest BCUT2D eigenvalue weighted by molar-refractivity contribution is -0.117. The number of piperidine rings is 1. The van der Waals surface area contributed by atoms with Gasteiger partial charge in [0.15, 0.2) is 0 Å². The average molecular weight is 315 g/mol. The molecule has 0 bridgehead atoms. The van der Waals surface area contributed by atoms with E-state index in [0.717, 1.165) is 25.1 Å². The molecule has 0 unspecified atom stereocenters. The maximum absolute atomic E-state index is 12.4. The highest BCUT2D eigenvalue weighted by Gasteiger charge is 2.33. The van der Waals surface area contributed by atoms with Crippen LogP contribution in [-0.2, 0) is 4.79 Å². The molecular weight excluding hydrogens is 290 g/mol. The molecule has 0 spiro atoms. The number of amides is 3. The van der Waals surface area contributed by atoms with Gasteiger partial charge in [0.05, 0.1) is 6.04 Å². The molecule has 3 rings (SSSR count). The van der Waals surface area contributed by atoms with Gasteiger partial charge in [0, 0.05) is 31.2 Å². The van der Waals surface area contributed by atoms with E-state index in [2.05, 4.69) is 12.2 Å². The van der Waals surface area contributed by atoms with Gasteiger partial charge in [-0.3, -0.25) is 4.79 Å². The van der Waals surface area contributed by atoms with Crippen LogP contribution in [0, 0.1) is 6.92 Å². The fourth-order valence-corrected chi connectivity index (χ4v) is 3.44. The van der Waals surface area contributed by atoms with Crippen LogP contribution in [0.1, 0.15) is 38.2 Å². The summed E-state index contributed by atoms with van der Waals surface area (Å²) < 4.78 is 0. The van der Waals surface area contributed by atoms with Gasteiger partial charge < -0.3 is 15.1 Å². The first kappa shape index (κ1) is 15.8. The Morgan fingerprint density at radius 2 is 1.96 bits per heavy atom. The molecule has 2 fully saturated rings. The summed E-state index contributed by atoms with van der Waals surface area (Å²) in [6.45, 7) is 5.49. The Labute approximate surface area is 137 Å². The largest absolute Gasteiger partial charge is 0.333 e. The van der Waals surface area contributed by atoms with Crippen LogP contribution in [0.4, 0.5) is 10.5 Å². The average Bonchev–Trinajstić information content (AvgIpc) is 2.89. The normalized spacial score (nSPS) is 24.9. The van der Waals surface area contributed by atoms with Gasteiger partial charge >= 0.3 is 6.03 Å². The first-order valence-electron chi connectivity index (χ1n) is 8.49. The number of benzene rings is 1. The molecular formula is C18H25N3O2. The summed E-state index contributed by atoms with van der Waals surface area (Å²) in [6.07, 6.45) is 3.69. The third-order valence-electron chi connectivity index (χ3n) is 4.86. The number of urea groups is 1. The number of aryl methyl sites for hydroxylation is 1. The Kier molecular flexibility index (Phi) is 4.55. The molecule has 2 atom stereocenters. The Hall–Kier alpha value is -2.04. The van der Waals surface area contributed by atoms with Gasteiger partial charge in [0.25, 0.3) is 0 Å². The highest BCUT2D eigenvalue weighted by atomic mass is 16.2. The second kappa shape index (κ2) is 6.60. The zero-order valence-corrected chi connectivity index (χ0v) is 13.9. The van der Waals surface area contributed by atoms with E-state index in [1.807, 2.05) is 36.1 Å². The van der Waals surface area contributed by atoms with E-state index >= 15 is 0 Å². The molecule has 23 heavy (non-hydrogen) atoms. The quantitative estimate of drug-likeness (QED) is 0.912. The molecule has 124 valence electrons. The number of carbonyl (C=O) groups excluding carboxylic acids is 2. The van der Waals surface area contributed by atoms with E-state index in [-0.39, 0.29) is 24.0 Å². The lowest BCUT2D eigenvalue weighted by atomic mass is 10.0. The minimum atomic E-state index is -0.106. The second-order valence-corrected chi connectivity index (χ2v) is 6.73. The zero-order chi connectivity index (χ0) is 16.4. The number of hydrogen-bond acceptors (Lipinski definition) is 2. The molecule has 0 aromatic heterocycles. The van der Waals surface area contributed by atoms with Crippen LogP contribution < -0.4 is 10.2 Å². The van der Waals surface area contributed by atoms with E-state index in [4.69, 9.17) is 0 Å². The molecule has 5 heteroatoms. The maximum Gasteiger partial charge on any atom is 0.317 e. The Balaban J connectivity index is 1.61. The van der Waals surface area contributed by atoms with Gasteiger partial charge in [0.1, 0.15) is 0 Å². The van der Waals surface area contributed by atoms with E-state index in [9.17, 15) is 9.59 Å². The number of nitrogens with one attached hydrogen (secondary N) is 1. The summed E-state index contributed by atoms with van der Waals surface area (Å²) in [5.41, 5.74) is 2.08. The Morgan fingerprint density at radius 3 is 2.65 bits per heavy atom. The summed E-state index contributed by atoms with van der Waals surface area (Å²) in [4.78, 5) is 28.4. The van der Waals surface area contributed by atoms with Crippen molar-refractivity contribution < 1.29 is 9.59 Å². The van der Waals surface area contributed by atoms with Crippen LogP contribution in [0.3, 0.4) is 0 Å². The van der Waals surface area contributed by atoms with Gasteiger partial charge in [-0.15, -0.1) is 0 Å². The van der Waals surface area contributed by atoms with Crippen molar-refractivity contribution in [2.75, 3.05) is 18.0 Å². The fraction of sp³-hybridized carbons (Fsp3) is 0.556. The van der Waals surface area contributed by atoms with E-state index in [1.165, 1.54) is 12.0 Å². The summed E-state index contributed by atoms with van der Waals surface area (Å²) in [6, 6.07) is 8.09. The van der Waals surface area contributed by atoms with Crippen LogP contribution in [0.5, 0.6) is 0 Å². The Bertz CT molecular complexity index is 584. The third-order valence-corrected chi connectivity index (χ3v) is 4.86. The van der Waals surface area contributed by atoms with Gasteiger partial charge in [-0.1, -0.05) is 17.7 Å². The van der Waals surface area contributed by atoms with Crippen molar-refractivity contribution >= 4 is 17.6 Å². The molecule has 1 N–H and O–H groups in total. The van der Waals surface area contributed by atoms with Gasteiger partial charge in [-0.2, -0.15) is 0 Å². The van der Waals surface area contributed by atoms with E-state index < -0.39 is 0 Å². The number of carbonyl (C=O) groups is 2. The first-order chi connectivity index (χ1) is 11.0. The third kappa shape index (κ3) is 3.49. The minimum absolute atomic E-state index is 0.0271. The van der Waals surface area contributed by atoms with Gasteiger partial charge in [-0.25, -0.2) is 4.79 Å². The number of nitrogens with zero attached hydrogens (tertiary/aromatic N) is 2. The molecule has 5 nitrogen and oxygen atoms in total. The lowest BCUT2D eigenvalue weighted by Gasteiger charge is -2.34. The van der Waals surface area contributed by atoms with Gasteiger partial charge in [0.2, 0.25) is 5.91 Å². The SMILES string of the molecule is Cc1ccc(N2C[C@H](NC(=O)N3CCCC[C@@H]3C)CC2=O)cc1. The van der Waals surface area contributed by atoms with E-state index in [1.54, 1.807) is 4.90 Å². The summed E-state index contributed by atoms with van der Waals surface area (Å²) in [5.74, 6) is 0.0749. The lowest BCUT2D eigenvalue weighted by Crippen LogP contribution is -2.50. The Morgan fingerprint density at radius 1 is 1.22 bits per heavy atom. The maximum atomic E-state index is 12.4. The van der Waals surface area contributed by atoms with Crippen LogP contribution in [0.2, 0.25) is 0 Å². The van der Waals surface area contributed by atoms with Gasteiger partial charge in [-0.05, 0) is 45.2 Å². The standard InChI is InChI=1S/C18H25N3O2/c1-13-6-8-16(9-7-13)21-12-15(11-17(21)22)19-18(23)20-10-4-3-5-14(20)2/h6-9,14-15H,3-5,10-12H2,1-2H3,(H,19,23)/t14-,15+/m0/s1. The predicted octanol–water partition coefficient (Wildman–Crippen LogP) is 2.68. The molecule has 0 saturated carbocycles. The zero-order valence-electron chi connectivity index (χ0n) is 13.9. The van der Waals surface area contributed by atoms with Crippen molar-refractivity contribution in [3.8, 4) is 0 Å². The molecule has 3 amide bonds. The van der Waals surface area contributed by atoms with Crippen molar-refractivity contribution in [3.63, 3.8) is 0 Å². The monoisotopic (exact) mass is 315 g/mol. The highest BCUT2D eigenvalue weighted by molar-refractivity contribution is 5.96. The number of likely N-dealkylation sites (tertiary alicyclic amines) is 1. The smallest absolute Gasteiger partial charge is 0.317 e. The minimum Gasteiger partial charge on any atom is -0.333 e. The highest BCUT2D eigenvalue weighted by Crippen LogP contribution is 2.23. The number of rotatable bonds is 2. The molecule has 1 aromatic rings. The first-order valence-corrected chi connectivity index (χ1v) is 8.49. The van der Waals surface area contributed by atoms with Crippen molar-refractivity contribution in [1.29, 1.82) is 0 Å².